The largest absolute Gasteiger partial charge is 0.310 e. The molecule has 0 atom stereocenters. The van der Waals surface area contributed by atoms with Gasteiger partial charge in [-0.2, -0.15) is 0 Å². The van der Waals surface area contributed by atoms with E-state index in [1.54, 1.807) is 0 Å². The standard InChI is InChI=1S/C51H56BNS2/c1-12-16-44(53(45-22-26-47(27-23-45)54(6,7)8)46-24-28-48(29-25-46)55(9,10)11)18-15-17-41-21-30-51(50-20-14-13-19-49(41)50)52(42-33-37(2)31-38(3)34-42)43-35-39(4)32-40(5)36-43/h1,13-16,18-36H,17H2,2-11H3/b18-15-,44-16+. The zero-order valence-electron chi connectivity index (χ0n) is 34.4. The molecule has 0 unspecified atom stereocenters. The van der Waals surface area contributed by atoms with Gasteiger partial charge in [-0.1, -0.05) is 123 Å². The minimum atomic E-state index is -0.850. The zero-order chi connectivity index (χ0) is 39.5. The Labute approximate surface area is 335 Å². The van der Waals surface area contributed by atoms with Crippen LogP contribution in [0.2, 0.25) is 0 Å². The minimum absolute atomic E-state index is 0.114. The minimum Gasteiger partial charge on any atom is -0.310 e. The molecular formula is C51H56BNS2. The fourth-order valence-electron chi connectivity index (χ4n) is 7.75. The number of hydrogen-bond acceptors (Lipinski definition) is 1. The van der Waals surface area contributed by atoms with Crippen LogP contribution in [-0.4, -0.2) is 44.2 Å². The normalized spacial score (nSPS) is 12.9. The van der Waals surface area contributed by atoms with Crippen LogP contribution in [0.25, 0.3) is 10.8 Å². The molecule has 0 aliphatic carbocycles. The van der Waals surface area contributed by atoms with Crippen molar-refractivity contribution in [3.8, 4) is 12.3 Å². The molecule has 0 amide bonds. The van der Waals surface area contributed by atoms with E-state index in [0.29, 0.717) is 0 Å². The third-order valence-electron chi connectivity index (χ3n) is 10.2. The van der Waals surface area contributed by atoms with Crippen molar-refractivity contribution < 1.29 is 0 Å². The highest BCUT2D eigenvalue weighted by atomic mass is 32.3. The number of aryl methyl sites for hydroxylation is 4. The van der Waals surface area contributed by atoms with Gasteiger partial charge in [-0.15, -0.1) is 6.42 Å². The first-order chi connectivity index (χ1) is 26.1. The lowest BCUT2D eigenvalue weighted by Crippen LogP contribution is -2.52. The smallest absolute Gasteiger partial charge is 0.242 e. The van der Waals surface area contributed by atoms with E-state index in [2.05, 4.69) is 210 Å². The van der Waals surface area contributed by atoms with E-state index in [0.717, 1.165) is 23.5 Å². The van der Waals surface area contributed by atoms with Gasteiger partial charge in [0.2, 0.25) is 6.71 Å². The Morgan fingerprint density at radius 3 is 1.49 bits per heavy atom. The number of benzene rings is 6. The third-order valence-corrected chi connectivity index (χ3v) is 13.6. The molecule has 4 heteroatoms. The summed E-state index contributed by atoms with van der Waals surface area (Å²) in [7, 11) is -1.70. The van der Waals surface area contributed by atoms with Crippen LogP contribution in [0.4, 0.5) is 11.4 Å². The number of fused-ring (bicyclic) bond motifs is 1. The van der Waals surface area contributed by atoms with Crippen LogP contribution in [0.3, 0.4) is 0 Å². The summed E-state index contributed by atoms with van der Waals surface area (Å²) >= 11 is 0. The molecule has 0 aromatic heterocycles. The second kappa shape index (κ2) is 16.5. The van der Waals surface area contributed by atoms with Gasteiger partial charge in [0.25, 0.3) is 0 Å². The summed E-state index contributed by atoms with van der Waals surface area (Å²) in [5.74, 6) is 2.86. The number of nitrogens with zero attached hydrogens (tertiary/aromatic N) is 1. The van der Waals surface area contributed by atoms with E-state index in [1.807, 2.05) is 6.08 Å². The van der Waals surface area contributed by atoms with Gasteiger partial charge < -0.3 is 4.90 Å². The van der Waals surface area contributed by atoms with Gasteiger partial charge in [0.05, 0.1) is 5.70 Å². The molecule has 55 heavy (non-hydrogen) atoms. The summed E-state index contributed by atoms with van der Waals surface area (Å²) in [5.41, 5.74) is 13.6. The van der Waals surface area contributed by atoms with Crippen LogP contribution in [0.1, 0.15) is 27.8 Å². The van der Waals surface area contributed by atoms with Crippen molar-refractivity contribution in [2.45, 2.75) is 43.9 Å². The molecule has 0 aliphatic rings. The van der Waals surface area contributed by atoms with Crippen molar-refractivity contribution in [2.75, 3.05) is 42.4 Å². The Balaban J connectivity index is 1.41. The van der Waals surface area contributed by atoms with Gasteiger partial charge in [-0.05, 0) is 152 Å². The van der Waals surface area contributed by atoms with E-state index in [9.17, 15) is 0 Å². The fraction of sp³-hybridized carbons (Fsp3) is 0.216. The Bertz CT molecular complexity index is 2270. The molecule has 0 radical (unpaired) electrons. The average molecular weight is 758 g/mol. The molecule has 0 fully saturated rings. The van der Waals surface area contributed by atoms with E-state index >= 15 is 0 Å². The van der Waals surface area contributed by atoms with Crippen LogP contribution < -0.4 is 21.3 Å². The second-order valence-electron chi connectivity index (χ2n) is 16.5. The molecule has 0 aliphatic heterocycles. The summed E-state index contributed by atoms with van der Waals surface area (Å²) in [5, 5.41) is 2.57. The number of hydrogen-bond donors (Lipinski definition) is 0. The first-order valence-corrected chi connectivity index (χ1v) is 24.7. The molecule has 6 aromatic carbocycles. The summed E-state index contributed by atoms with van der Waals surface area (Å²) in [4.78, 5) is 5.06. The Morgan fingerprint density at radius 2 is 1.05 bits per heavy atom. The maximum atomic E-state index is 6.04. The Kier molecular flexibility index (Phi) is 12.0. The summed E-state index contributed by atoms with van der Waals surface area (Å²) in [6.07, 6.45) is 27.2. The summed E-state index contributed by atoms with van der Waals surface area (Å²) in [6.45, 7) is 8.93. The van der Waals surface area contributed by atoms with Gasteiger partial charge >= 0.3 is 0 Å². The van der Waals surface area contributed by atoms with E-state index in [-0.39, 0.29) is 6.71 Å². The molecule has 0 spiro atoms. The molecule has 0 saturated heterocycles. The number of anilines is 2. The topological polar surface area (TPSA) is 3.24 Å². The summed E-state index contributed by atoms with van der Waals surface area (Å²) in [6, 6.07) is 45.7. The van der Waals surface area contributed by atoms with Crippen molar-refractivity contribution in [1.29, 1.82) is 0 Å². The van der Waals surface area contributed by atoms with Crippen LogP contribution >= 0.6 is 20.1 Å². The number of rotatable bonds is 11. The van der Waals surface area contributed by atoms with Gasteiger partial charge in [0, 0.05) is 17.5 Å². The fourth-order valence-corrected chi connectivity index (χ4v) is 9.66. The first-order valence-electron chi connectivity index (χ1n) is 19.0. The maximum Gasteiger partial charge on any atom is 0.242 e. The molecule has 1 nitrogen and oxygen atoms in total. The molecule has 280 valence electrons. The third kappa shape index (κ3) is 9.36. The van der Waals surface area contributed by atoms with Crippen molar-refractivity contribution >= 4 is 65.3 Å². The highest BCUT2D eigenvalue weighted by molar-refractivity contribution is 8.32. The van der Waals surface area contributed by atoms with E-state index < -0.39 is 20.1 Å². The predicted octanol–water partition coefficient (Wildman–Crippen LogP) is 11.1. The highest BCUT2D eigenvalue weighted by Gasteiger charge is 2.25. The zero-order valence-corrected chi connectivity index (χ0v) is 36.0. The van der Waals surface area contributed by atoms with Crippen LogP contribution in [0.5, 0.6) is 0 Å². The van der Waals surface area contributed by atoms with Gasteiger partial charge in [0.15, 0.2) is 0 Å². The molecule has 0 heterocycles. The lowest BCUT2D eigenvalue weighted by molar-refractivity contribution is 1.18. The number of terminal acetylenes is 1. The monoisotopic (exact) mass is 757 g/mol. The Morgan fingerprint density at radius 1 is 0.600 bits per heavy atom. The van der Waals surface area contributed by atoms with Gasteiger partial charge in [-0.3, -0.25) is 0 Å². The molecule has 6 rings (SSSR count). The number of allylic oxidation sites excluding steroid dienone is 3. The van der Waals surface area contributed by atoms with E-state index in [1.165, 1.54) is 64.8 Å². The SMILES string of the molecule is C#C/C=C(\C=C/Cc1ccc(B(c2cc(C)cc(C)c2)c2cc(C)cc(C)c2)c2ccccc12)N(c1ccc(S(C)(C)C)cc1)c1ccc(S(C)(C)C)cc1. The molecule has 0 bridgehead atoms. The van der Waals surface area contributed by atoms with Crippen LogP contribution in [0.15, 0.2) is 155 Å². The van der Waals surface area contributed by atoms with Crippen molar-refractivity contribution in [3.63, 3.8) is 0 Å². The molecule has 0 saturated carbocycles. The lowest BCUT2D eigenvalue weighted by atomic mass is 9.36. The molecule has 0 N–H and O–H groups in total. The van der Waals surface area contributed by atoms with Crippen LogP contribution in [-0.2, 0) is 6.42 Å². The quantitative estimate of drug-likeness (QED) is 0.0723. The van der Waals surface area contributed by atoms with Crippen molar-refractivity contribution in [1.82, 2.24) is 0 Å². The maximum absolute atomic E-state index is 6.04. The highest BCUT2D eigenvalue weighted by Crippen LogP contribution is 2.47. The van der Waals surface area contributed by atoms with Crippen LogP contribution in [0, 0.1) is 40.0 Å². The predicted molar refractivity (Wildman–Crippen MR) is 252 cm³/mol. The molecule has 6 aromatic rings. The van der Waals surface area contributed by atoms with Crippen molar-refractivity contribution in [3.05, 3.63) is 173 Å². The lowest BCUT2D eigenvalue weighted by Gasteiger charge is -2.30. The molecular weight excluding hydrogens is 702 g/mol. The Hall–Kier alpha value is -4.82. The second-order valence-corrected chi connectivity index (χ2v) is 24.8. The first kappa shape index (κ1) is 39.9. The summed E-state index contributed by atoms with van der Waals surface area (Å²) < 4.78 is 0. The van der Waals surface area contributed by atoms with E-state index in [4.69, 9.17) is 6.42 Å². The average Bonchev–Trinajstić information content (AvgIpc) is 3.11. The van der Waals surface area contributed by atoms with Gasteiger partial charge in [0.1, 0.15) is 0 Å². The van der Waals surface area contributed by atoms with Gasteiger partial charge in [-0.25, -0.2) is 20.1 Å². The van der Waals surface area contributed by atoms with Crippen molar-refractivity contribution in [2.24, 2.45) is 0 Å².